The molecule has 0 aromatic rings. The number of allylic oxidation sites excluding steroid dienone is 2. The lowest BCUT2D eigenvalue weighted by atomic mass is 9.33. The molecule has 0 aromatic heterocycles. The van der Waals surface area contributed by atoms with Gasteiger partial charge in [-0.2, -0.15) is 0 Å². The maximum Gasteiger partial charge on any atom is 0.312 e. The van der Waals surface area contributed by atoms with Crippen LogP contribution in [0.2, 0.25) is 0 Å². The Labute approximate surface area is 241 Å². The highest BCUT2D eigenvalue weighted by Crippen LogP contribution is 2.75. The highest BCUT2D eigenvalue weighted by molar-refractivity contribution is 5.95. The van der Waals surface area contributed by atoms with Crippen molar-refractivity contribution in [3.8, 4) is 0 Å². The van der Waals surface area contributed by atoms with Gasteiger partial charge in [0.05, 0.1) is 5.41 Å². The summed E-state index contributed by atoms with van der Waals surface area (Å²) in [6.07, 6.45) is 12.1. The molecule has 5 nitrogen and oxygen atoms in total. The van der Waals surface area contributed by atoms with E-state index in [1.54, 1.807) is 6.08 Å². The van der Waals surface area contributed by atoms with Crippen LogP contribution >= 0.6 is 0 Å². The largest absolute Gasteiger partial charge is 0.462 e. The molecule has 0 aliphatic heterocycles. The third-order valence-electron chi connectivity index (χ3n) is 13.6. The molecule has 0 amide bonds. The van der Waals surface area contributed by atoms with Gasteiger partial charge in [-0.25, -0.2) is 0 Å². The van der Waals surface area contributed by atoms with Crippen molar-refractivity contribution in [3.05, 3.63) is 24.3 Å². The Balaban J connectivity index is 1.54. The van der Waals surface area contributed by atoms with E-state index in [-0.39, 0.29) is 69.3 Å². The number of carbonyl (C=O) groups is 3. The van der Waals surface area contributed by atoms with Crippen LogP contribution in [0.3, 0.4) is 0 Å². The first-order chi connectivity index (χ1) is 18.5. The van der Waals surface area contributed by atoms with Gasteiger partial charge in [-0.05, 0) is 104 Å². The topological polar surface area (TPSA) is 69.7 Å². The normalized spacial score (nSPS) is 47.4. The summed E-state index contributed by atoms with van der Waals surface area (Å²) in [6.45, 7) is 21.6. The van der Waals surface area contributed by atoms with Crippen LogP contribution in [0.1, 0.15) is 113 Å². The van der Waals surface area contributed by atoms with Gasteiger partial charge in [0.25, 0.3) is 0 Å². The molecule has 0 spiro atoms. The monoisotopic (exact) mass is 552 g/mol. The molecule has 5 aliphatic rings. The van der Waals surface area contributed by atoms with Crippen LogP contribution in [0.25, 0.3) is 0 Å². The quantitative estimate of drug-likeness (QED) is 0.265. The predicted molar refractivity (Wildman–Crippen MR) is 156 cm³/mol. The zero-order chi connectivity index (χ0) is 29.5. The van der Waals surface area contributed by atoms with Crippen LogP contribution in [0, 0.1) is 50.2 Å². The summed E-state index contributed by atoms with van der Waals surface area (Å²) >= 11 is 0. The van der Waals surface area contributed by atoms with Gasteiger partial charge in [0.2, 0.25) is 0 Å². The Kier molecular flexibility index (Phi) is 6.87. The fourth-order valence-electron chi connectivity index (χ4n) is 11.1. The van der Waals surface area contributed by atoms with Crippen LogP contribution in [0.5, 0.6) is 0 Å². The van der Waals surface area contributed by atoms with Gasteiger partial charge in [-0.1, -0.05) is 59.8 Å². The Morgan fingerprint density at radius 3 is 2.30 bits per heavy atom. The molecule has 5 aliphatic carbocycles. The van der Waals surface area contributed by atoms with Gasteiger partial charge in [0, 0.05) is 18.3 Å². The molecule has 0 aromatic carbocycles. The second-order valence-corrected chi connectivity index (χ2v) is 16.1. The van der Waals surface area contributed by atoms with Gasteiger partial charge in [-0.3, -0.25) is 14.4 Å². The van der Waals surface area contributed by atoms with Crippen LogP contribution in [0.4, 0.5) is 0 Å². The van der Waals surface area contributed by atoms with Crippen LogP contribution in [-0.2, 0) is 23.9 Å². The van der Waals surface area contributed by atoms with E-state index in [0.29, 0.717) is 5.92 Å². The summed E-state index contributed by atoms with van der Waals surface area (Å²) in [4.78, 5) is 39.7. The highest BCUT2D eigenvalue weighted by Gasteiger charge is 2.70. The Morgan fingerprint density at radius 1 is 0.975 bits per heavy atom. The first kappa shape index (κ1) is 29.6. The van der Waals surface area contributed by atoms with Crippen molar-refractivity contribution in [2.75, 3.05) is 6.61 Å². The van der Waals surface area contributed by atoms with Gasteiger partial charge in [0.15, 0.2) is 5.78 Å². The van der Waals surface area contributed by atoms with Crippen LogP contribution in [0.15, 0.2) is 24.3 Å². The first-order valence-electron chi connectivity index (χ1n) is 15.7. The summed E-state index contributed by atoms with van der Waals surface area (Å²) in [7, 11) is 0. The molecule has 0 saturated heterocycles. The number of rotatable bonds is 4. The van der Waals surface area contributed by atoms with E-state index in [0.717, 1.165) is 57.8 Å². The molecule has 222 valence electrons. The molecule has 9 atom stereocenters. The summed E-state index contributed by atoms with van der Waals surface area (Å²) in [5.41, 5.74) is 0.279. The summed E-state index contributed by atoms with van der Waals surface area (Å²) in [6, 6.07) is 0. The van der Waals surface area contributed by atoms with Crippen molar-refractivity contribution >= 4 is 17.7 Å². The molecular weight excluding hydrogens is 500 g/mol. The second-order valence-electron chi connectivity index (χ2n) is 16.1. The third kappa shape index (κ3) is 3.95. The maximum atomic E-state index is 14.5. The lowest BCUT2D eigenvalue weighted by Crippen LogP contribution is -2.66. The van der Waals surface area contributed by atoms with Crippen molar-refractivity contribution < 1.29 is 23.9 Å². The number of hydrogen-bond donors (Lipinski definition) is 0. The minimum atomic E-state index is -0.546. The van der Waals surface area contributed by atoms with Gasteiger partial charge in [-0.15, -0.1) is 0 Å². The number of carbonyl (C=O) groups excluding carboxylic acids is 3. The van der Waals surface area contributed by atoms with Crippen molar-refractivity contribution in [1.82, 2.24) is 0 Å². The minimum Gasteiger partial charge on any atom is -0.462 e. The van der Waals surface area contributed by atoms with Crippen molar-refractivity contribution in [1.29, 1.82) is 0 Å². The molecule has 4 fully saturated rings. The van der Waals surface area contributed by atoms with E-state index in [1.165, 1.54) is 12.5 Å². The predicted octanol–water partition coefficient (Wildman–Crippen LogP) is 7.63. The van der Waals surface area contributed by atoms with E-state index in [4.69, 9.17) is 9.47 Å². The Hall–Kier alpha value is -1.91. The van der Waals surface area contributed by atoms with E-state index >= 15 is 0 Å². The zero-order valence-corrected chi connectivity index (χ0v) is 26.3. The molecule has 4 saturated carbocycles. The second kappa shape index (κ2) is 9.30. The number of fused-ring (bicyclic) bond motifs is 7. The van der Waals surface area contributed by atoms with Crippen molar-refractivity contribution in [3.63, 3.8) is 0 Å². The minimum absolute atomic E-state index is 0.0538. The molecule has 5 rings (SSSR count). The van der Waals surface area contributed by atoms with Crippen LogP contribution < -0.4 is 0 Å². The highest BCUT2D eigenvalue weighted by atomic mass is 16.5. The average molecular weight is 553 g/mol. The fourth-order valence-corrected chi connectivity index (χ4v) is 11.1. The molecule has 0 unspecified atom stereocenters. The molecule has 0 radical (unpaired) electrons. The van der Waals surface area contributed by atoms with E-state index in [9.17, 15) is 14.4 Å². The standard InChI is InChI=1S/C35H52O5/c1-10-19-39-29(38)32(6)16-15-31(5)17-18-34(8)23(24(31)21-32)20-25(37)28-33(7)13-12-27(40-22(2)36)30(3,4)26(33)11-14-35(28,34)9/h10,20,24,26-28H,1,11-19,21H2,2-9H3/t24-,26-,27-,28+,31+,32+,33+,34+,35+/m0/s1. The number of ether oxygens (including phenoxy) is 2. The van der Waals surface area contributed by atoms with E-state index < -0.39 is 5.41 Å². The lowest BCUT2D eigenvalue weighted by Gasteiger charge is -2.70. The third-order valence-corrected chi connectivity index (χ3v) is 13.6. The lowest BCUT2D eigenvalue weighted by molar-refractivity contribution is -0.210. The zero-order valence-electron chi connectivity index (χ0n) is 26.3. The molecular formula is C35H52O5. The van der Waals surface area contributed by atoms with Gasteiger partial charge >= 0.3 is 11.9 Å². The van der Waals surface area contributed by atoms with Crippen LogP contribution in [-0.4, -0.2) is 30.4 Å². The molecule has 0 bridgehead atoms. The molecule has 5 heteroatoms. The average Bonchev–Trinajstić information content (AvgIpc) is 2.86. The first-order valence-corrected chi connectivity index (χ1v) is 15.7. The fraction of sp³-hybridized carbons (Fsp3) is 0.800. The Bertz CT molecular complexity index is 1150. The van der Waals surface area contributed by atoms with Gasteiger partial charge in [0.1, 0.15) is 12.7 Å². The number of esters is 2. The summed E-state index contributed by atoms with van der Waals surface area (Å²) in [5, 5.41) is 0. The van der Waals surface area contributed by atoms with E-state index in [2.05, 4.69) is 61.1 Å². The number of hydrogen-bond acceptors (Lipinski definition) is 5. The number of ketones is 1. The van der Waals surface area contributed by atoms with Crippen molar-refractivity contribution in [2.24, 2.45) is 50.2 Å². The molecule has 40 heavy (non-hydrogen) atoms. The van der Waals surface area contributed by atoms with E-state index in [1.807, 2.05) is 0 Å². The SMILES string of the molecule is C=CCOC(=O)[C@]1(C)CC[C@]2(C)CC[C@]3(C)C(=CC(=O)[C@@H]4[C@]5(C)CC[C@H](OC(C)=O)C(C)(C)[C@@H]5CC[C@]43C)[C@@H]2C1. The summed E-state index contributed by atoms with van der Waals surface area (Å²) in [5.74, 6) is 0.397. The molecule has 0 N–H and O–H groups in total. The summed E-state index contributed by atoms with van der Waals surface area (Å²) < 4.78 is 11.4. The maximum absolute atomic E-state index is 14.5. The smallest absolute Gasteiger partial charge is 0.312 e. The van der Waals surface area contributed by atoms with Crippen molar-refractivity contribution in [2.45, 2.75) is 119 Å². The Morgan fingerprint density at radius 2 is 1.65 bits per heavy atom. The van der Waals surface area contributed by atoms with Gasteiger partial charge < -0.3 is 9.47 Å². The molecule has 0 heterocycles.